The Morgan fingerprint density at radius 1 is 0.500 bits per heavy atom. The Kier molecular flexibility index (Phi) is 30.5. The summed E-state index contributed by atoms with van der Waals surface area (Å²) in [5.41, 5.74) is 0. The number of quaternary nitrogens is 1. The molecule has 0 aliphatic carbocycles. The first kappa shape index (κ1) is 40.4. The van der Waals surface area contributed by atoms with Crippen LogP contribution < -0.4 is 12.4 Å². The zero-order chi connectivity index (χ0) is 27.5. The molecule has 0 amide bonds. The van der Waals surface area contributed by atoms with Gasteiger partial charge in [0.05, 0.1) is 66.8 Å². The molecule has 3 N–H and O–H groups in total. The van der Waals surface area contributed by atoms with E-state index in [9.17, 15) is 15.3 Å². The van der Waals surface area contributed by atoms with Crippen molar-refractivity contribution in [2.45, 2.75) is 122 Å². The Bertz CT molecular complexity index is 455. The number of unbranched alkanes of at least 4 members (excludes halogenated alkanes) is 15. The molecular weight excluding hydrogens is 522 g/mol. The van der Waals surface area contributed by atoms with E-state index in [1.807, 2.05) is 0 Å². The number of aliphatic hydroxyl groups excluding tert-OH is 3. The van der Waals surface area contributed by atoms with Crippen LogP contribution in [0, 0.1) is 0 Å². The number of halogens is 1. The van der Waals surface area contributed by atoms with Crippen molar-refractivity contribution < 1.29 is 45.5 Å². The maximum Gasteiger partial charge on any atom is 0.501 e. The summed E-state index contributed by atoms with van der Waals surface area (Å²) in [5.74, 6) is 0. The van der Waals surface area contributed by atoms with Crippen LogP contribution in [-0.4, -0.2) is 95.4 Å². The fourth-order valence-corrected chi connectivity index (χ4v) is 7.35. The van der Waals surface area contributed by atoms with Gasteiger partial charge in [0, 0.05) is 12.5 Å². The average Bonchev–Trinajstić information content (AvgIpc) is 2.89. The van der Waals surface area contributed by atoms with E-state index in [0.29, 0.717) is 6.04 Å². The van der Waals surface area contributed by atoms with E-state index in [1.165, 1.54) is 103 Å². The predicted molar refractivity (Wildman–Crippen MR) is 156 cm³/mol. The van der Waals surface area contributed by atoms with Gasteiger partial charge in [-0.2, -0.15) is 0 Å². The molecule has 0 rings (SSSR count). The molecule has 0 aromatic carbocycles. The van der Waals surface area contributed by atoms with Gasteiger partial charge in [-0.25, -0.2) is 0 Å². The lowest BCUT2D eigenvalue weighted by atomic mass is 10.0. The zero-order valence-corrected chi connectivity index (χ0v) is 27.0. The van der Waals surface area contributed by atoms with Crippen LogP contribution in [0.5, 0.6) is 0 Å². The van der Waals surface area contributed by atoms with Crippen molar-refractivity contribution in [2.24, 2.45) is 0 Å². The van der Waals surface area contributed by atoms with Crippen LogP contribution in [0.2, 0.25) is 6.04 Å². The highest BCUT2D eigenvalue weighted by atomic mass is 35.5. The summed E-state index contributed by atoms with van der Waals surface area (Å²) in [6.07, 6.45) is 23.1. The van der Waals surface area contributed by atoms with E-state index in [1.54, 1.807) is 0 Å². The maximum atomic E-state index is 9.19. The molecule has 7 nitrogen and oxygen atoms in total. The molecule has 0 heterocycles. The average molecular weight is 586 g/mol. The number of nitrogens with zero attached hydrogens (tertiary/aromatic N) is 1. The molecule has 0 fully saturated rings. The molecule has 0 radical (unpaired) electrons. The van der Waals surface area contributed by atoms with Crippen LogP contribution in [0.15, 0.2) is 0 Å². The van der Waals surface area contributed by atoms with Gasteiger partial charge in [0.1, 0.15) is 0 Å². The van der Waals surface area contributed by atoms with E-state index >= 15 is 0 Å². The fraction of sp³-hybridized carbons (Fsp3) is 1.00. The largest absolute Gasteiger partial charge is 1.00 e. The highest BCUT2D eigenvalue weighted by Gasteiger charge is 2.41. The van der Waals surface area contributed by atoms with E-state index in [-0.39, 0.29) is 52.0 Å². The minimum Gasteiger partial charge on any atom is -1.00 e. The predicted octanol–water partition coefficient (Wildman–Crippen LogP) is 2.68. The molecule has 0 aromatic rings. The van der Waals surface area contributed by atoms with Crippen molar-refractivity contribution in [3.05, 3.63) is 0 Å². The Hall–Kier alpha value is 0.227. The molecule has 0 bridgehead atoms. The quantitative estimate of drug-likeness (QED) is 0.0682. The van der Waals surface area contributed by atoms with Crippen molar-refractivity contribution in [2.75, 3.05) is 66.8 Å². The van der Waals surface area contributed by atoms with E-state index in [0.717, 1.165) is 24.0 Å². The minimum absolute atomic E-state index is 0. The Balaban J connectivity index is 0. The molecule has 0 aliphatic heterocycles. The summed E-state index contributed by atoms with van der Waals surface area (Å²) in [5, 5.41) is 27.6. The van der Waals surface area contributed by atoms with Crippen molar-refractivity contribution in [1.29, 1.82) is 0 Å². The van der Waals surface area contributed by atoms with Gasteiger partial charge in [0.15, 0.2) is 0 Å². The molecule has 0 aliphatic rings. The van der Waals surface area contributed by atoms with Gasteiger partial charge in [0.2, 0.25) is 0 Å². The standard InChI is InChI=1S/C29H64NO6Si.ClH/c1-4-5-6-7-8-9-10-11-12-13-14-15-16-17-18-19-21-30(2,3)22-20-29-37(34-26-23-31,35-27-24-32)36-28-25-33;/h31-33H,4-29H2,1-3H3;1H/q+1;/p-1. The Morgan fingerprint density at radius 3 is 1.16 bits per heavy atom. The van der Waals surface area contributed by atoms with Gasteiger partial charge in [-0.3, -0.25) is 0 Å². The van der Waals surface area contributed by atoms with Gasteiger partial charge < -0.3 is 45.5 Å². The van der Waals surface area contributed by atoms with Crippen LogP contribution in [0.3, 0.4) is 0 Å². The first-order valence-electron chi connectivity index (χ1n) is 15.5. The third-order valence-corrected chi connectivity index (χ3v) is 10.0. The van der Waals surface area contributed by atoms with Crippen LogP contribution >= 0.6 is 0 Å². The number of hydrogen-bond acceptors (Lipinski definition) is 6. The molecule has 0 saturated heterocycles. The van der Waals surface area contributed by atoms with Crippen LogP contribution in [0.1, 0.15) is 116 Å². The van der Waals surface area contributed by atoms with Gasteiger partial charge in [-0.15, -0.1) is 0 Å². The fourth-order valence-electron chi connectivity index (χ4n) is 4.87. The third-order valence-electron chi connectivity index (χ3n) is 7.10. The first-order valence-corrected chi connectivity index (χ1v) is 17.4. The summed E-state index contributed by atoms with van der Waals surface area (Å²) in [4.78, 5) is 0. The minimum atomic E-state index is -3.02. The summed E-state index contributed by atoms with van der Waals surface area (Å²) >= 11 is 0. The van der Waals surface area contributed by atoms with Crippen molar-refractivity contribution >= 4 is 8.80 Å². The normalized spacial score (nSPS) is 12.2. The van der Waals surface area contributed by atoms with Gasteiger partial charge >= 0.3 is 8.80 Å². The van der Waals surface area contributed by atoms with Gasteiger partial charge in [-0.05, 0) is 12.8 Å². The second-order valence-corrected chi connectivity index (χ2v) is 13.9. The summed E-state index contributed by atoms with van der Waals surface area (Å²) in [6, 6.07) is 0.619. The monoisotopic (exact) mass is 585 g/mol. The number of aliphatic hydroxyl groups is 3. The van der Waals surface area contributed by atoms with Gasteiger partial charge in [-0.1, -0.05) is 96.8 Å². The summed E-state index contributed by atoms with van der Waals surface area (Å²) in [7, 11) is 1.52. The Labute approximate surface area is 243 Å². The molecule has 232 valence electrons. The van der Waals surface area contributed by atoms with E-state index in [4.69, 9.17) is 13.3 Å². The third kappa shape index (κ3) is 25.2. The van der Waals surface area contributed by atoms with Gasteiger partial charge in [0.25, 0.3) is 0 Å². The molecule has 0 saturated carbocycles. The highest BCUT2D eigenvalue weighted by Crippen LogP contribution is 2.20. The summed E-state index contributed by atoms with van der Waals surface area (Å²) in [6.45, 7) is 4.51. The lowest BCUT2D eigenvalue weighted by Gasteiger charge is -2.33. The molecule has 9 heteroatoms. The number of rotatable bonds is 30. The molecule has 0 atom stereocenters. The first-order chi connectivity index (χ1) is 17.9. The SMILES string of the molecule is CCCCCCCCCCCCCCCCCC[N+](C)(C)CCC[Si](OCCO)(OCCO)OCCO.[Cl-]. The lowest BCUT2D eigenvalue weighted by molar-refractivity contribution is -0.890. The van der Waals surface area contributed by atoms with E-state index in [2.05, 4.69) is 21.0 Å². The molecule has 0 aromatic heterocycles. The zero-order valence-electron chi connectivity index (χ0n) is 25.3. The molecule has 0 spiro atoms. The molecule has 0 unspecified atom stereocenters. The van der Waals surface area contributed by atoms with Crippen LogP contribution in [-0.2, 0) is 13.3 Å². The summed E-state index contributed by atoms with van der Waals surface area (Å²) < 4.78 is 18.4. The Morgan fingerprint density at radius 2 is 0.816 bits per heavy atom. The van der Waals surface area contributed by atoms with Crippen molar-refractivity contribution in [1.82, 2.24) is 0 Å². The number of hydrogen-bond donors (Lipinski definition) is 3. The van der Waals surface area contributed by atoms with Crippen molar-refractivity contribution in [3.63, 3.8) is 0 Å². The topological polar surface area (TPSA) is 88.4 Å². The molecular formula is C29H64ClNO6Si. The smallest absolute Gasteiger partial charge is 0.501 e. The maximum absolute atomic E-state index is 9.19. The van der Waals surface area contributed by atoms with Crippen LogP contribution in [0.25, 0.3) is 0 Å². The van der Waals surface area contributed by atoms with Crippen LogP contribution in [0.4, 0.5) is 0 Å². The molecule has 38 heavy (non-hydrogen) atoms. The van der Waals surface area contributed by atoms with E-state index < -0.39 is 8.80 Å². The van der Waals surface area contributed by atoms with Crippen molar-refractivity contribution in [3.8, 4) is 0 Å². The highest BCUT2D eigenvalue weighted by molar-refractivity contribution is 6.60. The second kappa shape index (κ2) is 28.7. The second-order valence-electron chi connectivity index (χ2n) is 11.2. The lowest BCUT2D eigenvalue weighted by Crippen LogP contribution is -3.00.